The lowest BCUT2D eigenvalue weighted by molar-refractivity contribution is 0.207. The van der Waals surface area contributed by atoms with Crippen LogP contribution in [-0.4, -0.2) is 16.7 Å². The van der Waals surface area contributed by atoms with E-state index in [4.69, 9.17) is 4.52 Å². The molecule has 1 saturated heterocycles. The highest BCUT2D eigenvalue weighted by atomic mass is 79.9. The summed E-state index contributed by atoms with van der Waals surface area (Å²) in [4.78, 5) is 4.47. The molecule has 20 heavy (non-hydrogen) atoms. The standard InChI is InChI=1S/C14H15BrFN3O/c1-14(6-2-3-7-17-14)13-18-12(19-20-13)10-5-4-9(16)8-11(10)15/h4-5,8,17H,2-3,6-7H2,1H3. The molecule has 1 aliphatic rings. The number of rotatable bonds is 2. The molecule has 6 heteroatoms. The monoisotopic (exact) mass is 339 g/mol. The number of nitrogens with one attached hydrogen (secondary N) is 1. The summed E-state index contributed by atoms with van der Waals surface area (Å²) >= 11 is 3.33. The van der Waals surface area contributed by atoms with Gasteiger partial charge in [-0.2, -0.15) is 4.98 Å². The van der Waals surface area contributed by atoms with Crippen LogP contribution in [0.3, 0.4) is 0 Å². The summed E-state index contributed by atoms with van der Waals surface area (Å²) in [5, 5.41) is 7.45. The van der Waals surface area contributed by atoms with Gasteiger partial charge in [0.25, 0.3) is 0 Å². The van der Waals surface area contributed by atoms with E-state index in [0.29, 0.717) is 16.2 Å². The highest BCUT2D eigenvalue weighted by molar-refractivity contribution is 9.10. The number of benzene rings is 1. The van der Waals surface area contributed by atoms with Crippen LogP contribution in [0.2, 0.25) is 0 Å². The molecule has 0 bridgehead atoms. The number of hydrogen-bond acceptors (Lipinski definition) is 4. The molecular weight excluding hydrogens is 325 g/mol. The van der Waals surface area contributed by atoms with Crippen molar-refractivity contribution in [1.29, 1.82) is 0 Å². The van der Waals surface area contributed by atoms with Gasteiger partial charge in [-0.3, -0.25) is 0 Å². The van der Waals surface area contributed by atoms with Crippen LogP contribution in [0.4, 0.5) is 4.39 Å². The third-order valence-corrected chi connectivity index (χ3v) is 4.34. The fraction of sp³-hybridized carbons (Fsp3) is 0.429. The molecule has 106 valence electrons. The second kappa shape index (κ2) is 5.26. The maximum Gasteiger partial charge on any atom is 0.246 e. The smallest absolute Gasteiger partial charge is 0.246 e. The first-order valence-electron chi connectivity index (χ1n) is 6.63. The van der Waals surface area contributed by atoms with Gasteiger partial charge in [-0.15, -0.1) is 0 Å². The molecule has 2 aromatic rings. The van der Waals surface area contributed by atoms with Gasteiger partial charge < -0.3 is 9.84 Å². The molecule has 3 rings (SSSR count). The quantitative estimate of drug-likeness (QED) is 0.907. The topological polar surface area (TPSA) is 51.0 Å². The Morgan fingerprint density at radius 1 is 1.40 bits per heavy atom. The molecule has 2 heterocycles. The normalized spacial score (nSPS) is 22.9. The van der Waals surface area contributed by atoms with Crippen LogP contribution in [0.25, 0.3) is 11.4 Å². The minimum absolute atomic E-state index is 0.268. The van der Waals surface area contributed by atoms with Crippen molar-refractivity contribution in [3.63, 3.8) is 0 Å². The van der Waals surface area contributed by atoms with Gasteiger partial charge in [-0.05, 0) is 66.9 Å². The van der Waals surface area contributed by atoms with Crippen molar-refractivity contribution in [2.24, 2.45) is 0 Å². The highest BCUT2D eigenvalue weighted by Gasteiger charge is 2.34. The first-order valence-corrected chi connectivity index (χ1v) is 7.42. The average molecular weight is 340 g/mol. The second-order valence-corrected chi connectivity index (χ2v) is 6.12. The molecule has 1 fully saturated rings. The van der Waals surface area contributed by atoms with E-state index < -0.39 is 0 Å². The van der Waals surface area contributed by atoms with E-state index in [0.717, 1.165) is 24.9 Å². The molecule has 1 atom stereocenters. The summed E-state index contributed by atoms with van der Waals surface area (Å²) in [6.07, 6.45) is 3.28. The van der Waals surface area contributed by atoms with E-state index in [9.17, 15) is 4.39 Å². The molecule has 0 radical (unpaired) electrons. The lowest BCUT2D eigenvalue weighted by Gasteiger charge is -2.31. The summed E-state index contributed by atoms with van der Waals surface area (Å²) in [5.74, 6) is 0.758. The first kappa shape index (κ1) is 13.7. The van der Waals surface area contributed by atoms with E-state index in [1.54, 1.807) is 6.07 Å². The largest absolute Gasteiger partial charge is 0.337 e. The molecule has 0 aliphatic carbocycles. The molecular formula is C14H15BrFN3O. The fourth-order valence-electron chi connectivity index (χ4n) is 2.47. The summed E-state index contributed by atoms with van der Waals surface area (Å²) in [6.45, 7) is 3.03. The molecule has 1 aliphatic heterocycles. The predicted molar refractivity (Wildman–Crippen MR) is 76.6 cm³/mol. The fourth-order valence-corrected chi connectivity index (χ4v) is 2.99. The van der Waals surface area contributed by atoms with Crippen molar-refractivity contribution in [2.75, 3.05) is 6.54 Å². The average Bonchev–Trinajstić information content (AvgIpc) is 2.90. The van der Waals surface area contributed by atoms with Crippen molar-refractivity contribution in [1.82, 2.24) is 15.5 Å². The lowest BCUT2D eigenvalue weighted by atomic mass is 9.91. The lowest BCUT2D eigenvalue weighted by Crippen LogP contribution is -2.43. The molecule has 1 unspecified atom stereocenters. The number of hydrogen-bond donors (Lipinski definition) is 1. The van der Waals surface area contributed by atoms with Crippen molar-refractivity contribution < 1.29 is 8.91 Å². The van der Waals surface area contributed by atoms with Crippen LogP contribution in [0, 0.1) is 5.82 Å². The van der Waals surface area contributed by atoms with E-state index in [-0.39, 0.29) is 11.4 Å². The zero-order chi connectivity index (χ0) is 14.2. The van der Waals surface area contributed by atoms with E-state index in [1.807, 2.05) is 0 Å². The molecule has 1 N–H and O–H groups in total. The van der Waals surface area contributed by atoms with Gasteiger partial charge in [0, 0.05) is 10.0 Å². The number of aromatic nitrogens is 2. The maximum atomic E-state index is 13.1. The Morgan fingerprint density at radius 2 is 2.25 bits per heavy atom. The van der Waals surface area contributed by atoms with Gasteiger partial charge in [0.1, 0.15) is 5.82 Å². The second-order valence-electron chi connectivity index (χ2n) is 5.26. The van der Waals surface area contributed by atoms with Crippen LogP contribution in [0.5, 0.6) is 0 Å². The predicted octanol–water partition coefficient (Wildman–Crippen LogP) is 3.63. The van der Waals surface area contributed by atoms with Crippen LogP contribution in [-0.2, 0) is 5.54 Å². The van der Waals surface area contributed by atoms with Crippen LogP contribution >= 0.6 is 15.9 Å². The molecule has 4 nitrogen and oxygen atoms in total. The van der Waals surface area contributed by atoms with E-state index >= 15 is 0 Å². The van der Waals surface area contributed by atoms with Gasteiger partial charge in [0.05, 0.1) is 5.54 Å². The van der Waals surface area contributed by atoms with Gasteiger partial charge in [-0.1, -0.05) is 5.16 Å². The summed E-state index contributed by atoms with van der Waals surface area (Å²) in [7, 11) is 0. The summed E-state index contributed by atoms with van der Waals surface area (Å²) < 4.78 is 19.1. The summed E-state index contributed by atoms with van der Waals surface area (Å²) in [6, 6.07) is 4.42. The van der Waals surface area contributed by atoms with Gasteiger partial charge in [0.15, 0.2) is 0 Å². The van der Waals surface area contributed by atoms with Crippen molar-refractivity contribution in [3.05, 3.63) is 34.4 Å². The van der Waals surface area contributed by atoms with Gasteiger partial charge >= 0.3 is 0 Å². The first-order chi connectivity index (χ1) is 9.58. The van der Waals surface area contributed by atoms with Gasteiger partial charge in [0.2, 0.25) is 11.7 Å². The zero-order valence-corrected chi connectivity index (χ0v) is 12.7. The maximum absolute atomic E-state index is 13.1. The Balaban J connectivity index is 1.93. The number of halogens is 2. The highest BCUT2D eigenvalue weighted by Crippen LogP contribution is 2.32. The zero-order valence-electron chi connectivity index (χ0n) is 11.1. The van der Waals surface area contributed by atoms with Crippen LogP contribution in [0.1, 0.15) is 32.1 Å². The summed E-state index contributed by atoms with van der Waals surface area (Å²) in [5.41, 5.74) is 0.455. The Bertz CT molecular complexity index is 623. The molecule has 1 aromatic carbocycles. The van der Waals surface area contributed by atoms with E-state index in [1.165, 1.54) is 18.6 Å². The molecule has 0 amide bonds. The SMILES string of the molecule is CC1(c2nc(-c3ccc(F)cc3Br)no2)CCCCN1. The van der Waals surface area contributed by atoms with Crippen molar-refractivity contribution in [3.8, 4) is 11.4 Å². The van der Waals surface area contributed by atoms with E-state index in [2.05, 4.69) is 38.3 Å². The Morgan fingerprint density at radius 3 is 2.95 bits per heavy atom. The van der Waals surface area contributed by atoms with Crippen LogP contribution in [0.15, 0.2) is 27.2 Å². The van der Waals surface area contributed by atoms with Crippen molar-refractivity contribution >= 4 is 15.9 Å². The molecule has 0 saturated carbocycles. The third kappa shape index (κ3) is 2.50. The Kier molecular flexibility index (Phi) is 3.60. The minimum atomic E-state index is -0.301. The number of nitrogens with zero attached hydrogens (tertiary/aromatic N) is 2. The number of piperidine rings is 1. The Hall–Kier alpha value is -1.27. The Labute approximate surface area is 124 Å². The van der Waals surface area contributed by atoms with Crippen LogP contribution < -0.4 is 5.32 Å². The molecule has 0 spiro atoms. The van der Waals surface area contributed by atoms with Crippen molar-refractivity contribution in [2.45, 2.75) is 31.7 Å². The minimum Gasteiger partial charge on any atom is -0.337 e. The molecule has 1 aromatic heterocycles. The third-order valence-electron chi connectivity index (χ3n) is 3.69. The van der Waals surface area contributed by atoms with Gasteiger partial charge in [-0.25, -0.2) is 4.39 Å².